The van der Waals surface area contributed by atoms with Gasteiger partial charge in [0.2, 0.25) is 0 Å². The first-order chi connectivity index (χ1) is 11.2. The summed E-state index contributed by atoms with van der Waals surface area (Å²) in [5.41, 5.74) is 2.54. The third-order valence-corrected chi connectivity index (χ3v) is 4.23. The third-order valence-electron chi connectivity index (χ3n) is 4.23. The Kier molecular flexibility index (Phi) is 3.50. The second-order valence-corrected chi connectivity index (χ2v) is 5.84. The topological polar surface area (TPSA) is 36.9 Å². The number of nitrogens with one attached hydrogen (secondary N) is 1. The molecular formula is C18H18FN3O. The number of benzene rings is 2. The van der Waals surface area contributed by atoms with Gasteiger partial charge in [0.15, 0.2) is 5.75 Å². The average Bonchev–Trinajstić information content (AvgIpc) is 2.73. The summed E-state index contributed by atoms with van der Waals surface area (Å²) in [6.45, 7) is 5.59. The van der Waals surface area contributed by atoms with Crippen LogP contribution in [0.15, 0.2) is 41.4 Å². The molecule has 0 amide bonds. The van der Waals surface area contributed by atoms with Crippen LogP contribution in [0.4, 0.5) is 10.1 Å². The van der Waals surface area contributed by atoms with Crippen molar-refractivity contribution in [1.29, 1.82) is 0 Å². The van der Waals surface area contributed by atoms with E-state index in [9.17, 15) is 4.39 Å². The summed E-state index contributed by atoms with van der Waals surface area (Å²) in [7, 11) is 0. The van der Waals surface area contributed by atoms with Crippen LogP contribution in [-0.2, 0) is 0 Å². The van der Waals surface area contributed by atoms with E-state index in [4.69, 9.17) is 9.73 Å². The molecule has 23 heavy (non-hydrogen) atoms. The lowest BCUT2D eigenvalue weighted by Gasteiger charge is -2.30. The van der Waals surface area contributed by atoms with Crippen molar-refractivity contribution in [3.63, 3.8) is 0 Å². The number of aryl methyl sites for hydroxylation is 1. The number of rotatable bonds is 0. The highest BCUT2D eigenvalue weighted by Crippen LogP contribution is 2.40. The van der Waals surface area contributed by atoms with E-state index in [0.717, 1.165) is 48.9 Å². The summed E-state index contributed by atoms with van der Waals surface area (Å²) in [5.74, 6) is 1.94. The van der Waals surface area contributed by atoms with Crippen molar-refractivity contribution < 1.29 is 9.13 Å². The number of halogens is 1. The molecule has 0 aromatic heterocycles. The van der Waals surface area contributed by atoms with E-state index >= 15 is 0 Å². The maximum absolute atomic E-state index is 13.7. The molecule has 5 heteroatoms. The van der Waals surface area contributed by atoms with Crippen molar-refractivity contribution >= 4 is 11.5 Å². The first-order valence-corrected chi connectivity index (χ1v) is 7.84. The molecule has 1 saturated heterocycles. The Bertz CT molecular complexity index is 782. The number of aliphatic imine (C=N–C) groups is 1. The molecule has 2 heterocycles. The first kappa shape index (κ1) is 14.2. The number of ether oxygens (including phenoxy) is 1. The van der Waals surface area contributed by atoms with Crippen LogP contribution in [0, 0.1) is 12.7 Å². The van der Waals surface area contributed by atoms with E-state index in [0.29, 0.717) is 11.4 Å². The van der Waals surface area contributed by atoms with Crippen molar-refractivity contribution in [2.75, 3.05) is 26.2 Å². The fourth-order valence-electron chi connectivity index (χ4n) is 3.03. The van der Waals surface area contributed by atoms with E-state index in [1.807, 2.05) is 25.1 Å². The minimum Gasteiger partial charge on any atom is -0.454 e. The van der Waals surface area contributed by atoms with Crippen LogP contribution < -0.4 is 10.1 Å². The quantitative estimate of drug-likeness (QED) is 0.811. The monoisotopic (exact) mass is 311 g/mol. The highest BCUT2D eigenvalue weighted by Gasteiger charge is 2.24. The van der Waals surface area contributed by atoms with Crippen LogP contribution in [0.1, 0.15) is 11.1 Å². The molecule has 2 aliphatic heterocycles. The Hall–Kier alpha value is -2.40. The van der Waals surface area contributed by atoms with Crippen LogP contribution in [0.2, 0.25) is 0 Å². The number of amidine groups is 1. The summed E-state index contributed by atoms with van der Waals surface area (Å²) in [5, 5.41) is 3.35. The summed E-state index contributed by atoms with van der Waals surface area (Å²) in [6, 6.07) is 10.5. The number of hydrogen-bond donors (Lipinski definition) is 1. The van der Waals surface area contributed by atoms with Gasteiger partial charge in [-0.1, -0.05) is 12.1 Å². The van der Waals surface area contributed by atoms with Crippen LogP contribution in [0.5, 0.6) is 11.5 Å². The lowest BCUT2D eigenvalue weighted by Crippen LogP contribution is -2.46. The molecule has 1 N–H and O–H groups in total. The van der Waals surface area contributed by atoms with E-state index in [1.54, 1.807) is 6.07 Å². The van der Waals surface area contributed by atoms with Crippen molar-refractivity contribution in [3.05, 3.63) is 53.3 Å². The predicted octanol–water partition coefficient (Wildman–Crippen LogP) is 3.22. The van der Waals surface area contributed by atoms with Crippen LogP contribution in [0.25, 0.3) is 0 Å². The Morgan fingerprint density at radius 3 is 2.83 bits per heavy atom. The van der Waals surface area contributed by atoms with Gasteiger partial charge in [-0.05, 0) is 30.7 Å². The van der Waals surface area contributed by atoms with E-state index in [1.165, 1.54) is 12.1 Å². The molecule has 1 fully saturated rings. The smallest absolute Gasteiger partial charge is 0.153 e. The average molecular weight is 311 g/mol. The molecule has 118 valence electrons. The number of nitrogens with zero attached hydrogens (tertiary/aromatic N) is 2. The zero-order valence-corrected chi connectivity index (χ0v) is 13.0. The van der Waals surface area contributed by atoms with E-state index in [-0.39, 0.29) is 5.82 Å². The standard InChI is InChI=1S/C18H18FN3O/c1-12-3-2-4-14-17(12)23-16-6-5-13(19)11-15(16)21-18(14)22-9-7-20-8-10-22/h2-6,11,20H,7-10H2,1H3. The van der Waals surface area contributed by atoms with Gasteiger partial charge in [-0.25, -0.2) is 9.38 Å². The van der Waals surface area contributed by atoms with Crippen LogP contribution in [0.3, 0.4) is 0 Å². The molecule has 4 nitrogen and oxygen atoms in total. The third kappa shape index (κ3) is 2.57. The van der Waals surface area contributed by atoms with Crippen LogP contribution in [-0.4, -0.2) is 36.9 Å². The first-order valence-electron chi connectivity index (χ1n) is 7.84. The molecule has 4 rings (SSSR count). The molecule has 0 bridgehead atoms. The molecule has 0 spiro atoms. The second kappa shape index (κ2) is 5.66. The fraction of sp³-hybridized carbons (Fsp3) is 0.278. The van der Waals surface area contributed by atoms with Gasteiger partial charge in [-0.2, -0.15) is 0 Å². The number of hydrogen-bond acceptors (Lipinski definition) is 4. The summed E-state index contributed by atoms with van der Waals surface area (Å²) < 4.78 is 19.7. The van der Waals surface area contributed by atoms with Gasteiger partial charge in [0.25, 0.3) is 0 Å². The molecule has 2 aromatic carbocycles. The molecule has 0 saturated carbocycles. The Morgan fingerprint density at radius 2 is 2.00 bits per heavy atom. The van der Waals surface area contributed by atoms with Gasteiger partial charge >= 0.3 is 0 Å². The molecule has 2 aliphatic rings. The number of para-hydroxylation sites is 1. The SMILES string of the molecule is Cc1cccc2c1Oc1ccc(F)cc1N=C2N1CCNCC1. The Morgan fingerprint density at radius 1 is 1.17 bits per heavy atom. The summed E-state index contributed by atoms with van der Waals surface area (Å²) in [4.78, 5) is 6.99. The van der Waals surface area contributed by atoms with Gasteiger partial charge in [0, 0.05) is 32.2 Å². The molecule has 2 aromatic rings. The molecule has 0 aliphatic carbocycles. The van der Waals surface area contributed by atoms with E-state index < -0.39 is 0 Å². The van der Waals surface area contributed by atoms with Crippen molar-refractivity contribution in [3.8, 4) is 11.5 Å². The summed E-state index contributed by atoms with van der Waals surface area (Å²) >= 11 is 0. The van der Waals surface area contributed by atoms with E-state index in [2.05, 4.69) is 10.2 Å². The summed E-state index contributed by atoms with van der Waals surface area (Å²) in [6.07, 6.45) is 0. The molecule has 0 unspecified atom stereocenters. The molecule has 0 radical (unpaired) electrons. The lowest BCUT2D eigenvalue weighted by atomic mass is 10.1. The second-order valence-electron chi connectivity index (χ2n) is 5.84. The largest absolute Gasteiger partial charge is 0.454 e. The van der Waals surface area contributed by atoms with Gasteiger partial charge < -0.3 is 15.0 Å². The van der Waals surface area contributed by atoms with Gasteiger partial charge in [-0.15, -0.1) is 0 Å². The van der Waals surface area contributed by atoms with Crippen molar-refractivity contribution in [2.24, 2.45) is 4.99 Å². The molecular weight excluding hydrogens is 293 g/mol. The van der Waals surface area contributed by atoms with Crippen molar-refractivity contribution in [1.82, 2.24) is 10.2 Å². The zero-order chi connectivity index (χ0) is 15.8. The fourth-order valence-corrected chi connectivity index (χ4v) is 3.03. The minimum atomic E-state index is -0.307. The highest BCUT2D eigenvalue weighted by atomic mass is 19.1. The highest BCUT2D eigenvalue weighted by molar-refractivity contribution is 6.04. The Labute approximate surface area is 134 Å². The van der Waals surface area contributed by atoms with Crippen molar-refractivity contribution in [2.45, 2.75) is 6.92 Å². The maximum Gasteiger partial charge on any atom is 0.153 e. The number of piperazine rings is 1. The molecule has 0 atom stereocenters. The number of fused-ring (bicyclic) bond motifs is 2. The van der Waals surface area contributed by atoms with Gasteiger partial charge in [0.05, 0.1) is 5.56 Å². The van der Waals surface area contributed by atoms with Gasteiger partial charge in [-0.3, -0.25) is 0 Å². The lowest BCUT2D eigenvalue weighted by molar-refractivity contribution is 0.357. The van der Waals surface area contributed by atoms with Gasteiger partial charge in [0.1, 0.15) is 23.1 Å². The minimum absolute atomic E-state index is 0.307. The maximum atomic E-state index is 13.7. The predicted molar refractivity (Wildman–Crippen MR) is 88.3 cm³/mol. The Balaban J connectivity index is 1.91. The normalized spacial score (nSPS) is 16.8. The zero-order valence-electron chi connectivity index (χ0n) is 13.0. The van der Waals surface area contributed by atoms with Crippen LogP contribution >= 0.6 is 0 Å².